The minimum Gasteiger partial charge on any atom is -0.493 e. The van der Waals surface area contributed by atoms with Gasteiger partial charge in [0.2, 0.25) is 5.91 Å². The Bertz CT molecular complexity index is 397. The SMILES string of the molecule is CNCCNC(=O)CCOc1cccc(C)c1C.Cl. The first kappa shape index (κ1) is 17.7. The number of hydrogen-bond acceptors (Lipinski definition) is 3. The van der Waals surface area contributed by atoms with Gasteiger partial charge in [0, 0.05) is 13.1 Å². The molecule has 0 radical (unpaired) electrons. The van der Waals surface area contributed by atoms with Crippen LogP contribution in [0.3, 0.4) is 0 Å². The molecule has 1 rings (SSSR count). The van der Waals surface area contributed by atoms with Crippen molar-refractivity contribution in [3.05, 3.63) is 29.3 Å². The van der Waals surface area contributed by atoms with Gasteiger partial charge in [-0.25, -0.2) is 0 Å². The van der Waals surface area contributed by atoms with E-state index in [1.165, 1.54) is 5.56 Å². The zero-order valence-electron chi connectivity index (χ0n) is 11.8. The fourth-order valence-electron chi connectivity index (χ4n) is 1.55. The number of ether oxygens (including phenoxy) is 1. The largest absolute Gasteiger partial charge is 0.493 e. The van der Waals surface area contributed by atoms with E-state index in [2.05, 4.69) is 10.6 Å². The first-order chi connectivity index (χ1) is 8.65. The maximum absolute atomic E-state index is 11.4. The van der Waals surface area contributed by atoms with Crippen molar-refractivity contribution in [3.63, 3.8) is 0 Å². The molecule has 4 nitrogen and oxygen atoms in total. The van der Waals surface area contributed by atoms with Gasteiger partial charge in [-0.2, -0.15) is 0 Å². The van der Waals surface area contributed by atoms with Crippen LogP contribution in [0, 0.1) is 13.8 Å². The molecule has 5 heteroatoms. The fraction of sp³-hybridized carbons (Fsp3) is 0.500. The van der Waals surface area contributed by atoms with Gasteiger partial charge in [0.1, 0.15) is 5.75 Å². The van der Waals surface area contributed by atoms with Crippen molar-refractivity contribution in [1.82, 2.24) is 10.6 Å². The van der Waals surface area contributed by atoms with Gasteiger partial charge in [0.25, 0.3) is 0 Å². The van der Waals surface area contributed by atoms with Crippen molar-refractivity contribution in [2.45, 2.75) is 20.3 Å². The molecule has 1 aromatic rings. The summed E-state index contributed by atoms with van der Waals surface area (Å²) in [5.41, 5.74) is 2.33. The first-order valence-electron chi connectivity index (χ1n) is 6.25. The maximum Gasteiger partial charge on any atom is 0.223 e. The highest BCUT2D eigenvalue weighted by Crippen LogP contribution is 2.20. The van der Waals surface area contributed by atoms with E-state index in [0.717, 1.165) is 17.9 Å². The molecule has 19 heavy (non-hydrogen) atoms. The summed E-state index contributed by atoms with van der Waals surface area (Å²) in [6.45, 7) is 5.92. The topological polar surface area (TPSA) is 50.4 Å². The summed E-state index contributed by atoms with van der Waals surface area (Å²) in [6, 6.07) is 5.94. The molecule has 0 aliphatic heterocycles. The minimum absolute atomic E-state index is 0. The fourth-order valence-corrected chi connectivity index (χ4v) is 1.55. The maximum atomic E-state index is 11.4. The Balaban J connectivity index is 0.00000324. The lowest BCUT2D eigenvalue weighted by atomic mass is 10.1. The molecule has 0 aliphatic carbocycles. The summed E-state index contributed by atoms with van der Waals surface area (Å²) in [5.74, 6) is 0.883. The molecule has 1 aromatic carbocycles. The number of rotatable bonds is 7. The molecular weight excluding hydrogens is 264 g/mol. The van der Waals surface area contributed by atoms with E-state index < -0.39 is 0 Å². The lowest BCUT2D eigenvalue weighted by Crippen LogP contribution is -2.31. The van der Waals surface area contributed by atoms with Crippen molar-refractivity contribution >= 4 is 18.3 Å². The average Bonchev–Trinajstić information content (AvgIpc) is 2.35. The summed E-state index contributed by atoms with van der Waals surface area (Å²) < 4.78 is 5.62. The van der Waals surface area contributed by atoms with Crippen LogP contribution >= 0.6 is 12.4 Å². The van der Waals surface area contributed by atoms with Gasteiger partial charge < -0.3 is 15.4 Å². The second-order valence-corrected chi connectivity index (χ2v) is 4.25. The number of amides is 1. The Kier molecular flexibility index (Phi) is 9.00. The number of halogens is 1. The number of nitrogens with one attached hydrogen (secondary N) is 2. The number of aryl methyl sites for hydroxylation is 1. The summed E-state index contributed by atoms with van der Waals surface area (Å²) in [7, 11) is 1.86. The lowest BCUT2D eigenvalue weighted by Gasteiger charge is -2.10. The van der Waals surface area contributed by atoms with Gasteiger partial charge in [-0.15, -0.1) is 12.4 Å². The molecule has 0 spiro atoms. The normalized spacial score (nSPS) is 9.63. The number of hydrogen-bond donors (Lipinski definition) is 2. The molecule has 0 saturated carbocycles. The monoisotopic (exact) mass is 286 g/mol. The van der Waals surface area contributed by atoms with Crippen LogP contribution in [-0.2, 0) is 4.79 Å². The number of likely N-dealkylation sites (N-methyl/N-ethyl adjacent to an activating group) is 1. The Morgan fingerprint density at radius 2 is 2.00 bits per heavy atom. The highest BCUT2D eigenvalue weighted by molar-refractivity contribution is 5.85. The predicted molar refractivity (Wildman–Crippen MR) is 80.2 cm³/mol. The molecule has 0 unspecified atom stereocenters. The van der Waals surface area contributed by atoms with E-state index in [-0.39, 0.29) is 18.3 Å². The Morgan fingerprint density at radius 3 is 2.68 bits per heavy atom. The smallest absolute Gasteiger partial charge is 0.223 e. The Labute approximate surface area is 121 Å². The van der Waals surface area contributed by atoms with Crippen molar-refractivity contribution in [2.24, 2.45) is 0 Å². The summed E-state index contributed by atoms with van der Waals surface area (Å²) in [6.07, 6.45) is 0.386. The van der Waals surface area contributed by atoms with E-state index in [0.29, 0.717) is 19.6 Å². The van der Waals surface area contributed by atoms with E-state index in [1.807, 2.05) is 39.1 Å². The Morgan fingerprint density at radius 1 is 1.26 bits per heavy atom. The van der Waals surface area contributed by atoms with E-state index in [4.69, 9.17) is 4.74 Å². The molecule has 0 aliphatic rings. The molecule has 0 heterocycles. The second kappa shape index (κ2) is 9.64. The quantitative estimate of drug-likeness (QED) is 0.752. The molecule has 0 fully saturated rings. The van der Waals surface area contributed by atoms with Crippen molar-refractivity contribution in [3.8, 4) is 5.75 Å². The van der Waals surface area contributed by atoms with Crippen molar-refractivity contribution < 1.29 is 9.53 Å². The van der Waals surface area contributed by atoms with Gasteiger partial charge in [0.15, 0.2) is 0 Å². The molecule has 0 bridgehead atoms. The average molecular weight is 287 g/mol. The first-order valence-corrected chi connectivity index (χ1v) is 6.25. The third-order valence-corrected chi connectivity index (χ3v) is 2.84. The third-order valence-electron chi connectivity index (χ3n) is 2.84. The van der Waals surface area contributed by atoms with E-state index in [1.54, 1.807) is 0 Å². The number of carbonyl (C=O) groups is 1. The van der Waals surface area contributed by atoms with Gasteiger partial charge in [-0.05, 0) is 38.1 Å². The second-order valence-electron chi connectivity index (χ2n) is 4.25. The van der Waals surface area contributed by atoms with Crippen LogP contribution in [0.25, 0.3) is 0 Å². The summed E-state index contributed by atoms with van der Waals surface area (Å²) >= 11 is 0. The molecule has 0 atom stereocenters. The van der Waals surface area contributed by atoms with Crippen LogP contribution < -0.4 is 15.4 Å². The Hall–Kier alpha value is -1.26. The highest BCUT2D eigenvalue weighted by atomic mass is 35.5. The molecular formula is C14H23ClN2O2. The van der Waals surface area contributed by atoms with E-state index in [9.17, 15) is 4.79 Å². The number of benzene rings is 1. The summed E-state index contributed by atoms with van der Waals surface area (Å²) in [5, 5.41) is 5.79. The summed E-state index contributed by atoms with van der Waals surface area (Å²) in [4.78, 5) is 11.4. The molecule has 0 aromatic heterocycles. The van der Waals surface area contributed by atoms with Crippen LogP contribution in [-0.4, -0.2) is 32.7 Å². The predicted octanol–water partition coefficient (Wildman–Crippen LogP) is 1.83. The molecule has 1 amide bonds. The van der Waals surface area contributed by atoms with Gasteiger partial charge >= 0.3 is 0 Å². The van der Waals surface area contributed by atoms with Crippen LogP contribution in [0.2, 0.25) is 0 Å². The lowest BCUT2D eigenvalue weighted by molar-refractivity contribution is -0.121. The highest BCUT2D eigenvalue weighted by Gasteiger charge is 2.04. The van der Waals surface area contributed by atoms with Gasteiger partial charge in [0.05, 0.1) is 13.0 Å². The third kappa shape index (κ3) is 6.45. The zero-order chi connectivity index (χ0) is 13.4. The standard InChI is InChI=1S/C14H22N2O2.ClH/c1-11-5-4-6-13(12(11)2)18-10-7-14(17)16-9-8-15-3;/h4-6,15H,7-10H2,1-3H3,(H,16,17);1H. The number of carbonyl (C=O) groups excluding carboxylic acids is 1. The van der Waals surface area contributed by atoms with Crippen LogP contribution in [0.15, 0.2) is 18.2 Å². The van der Waals surface area contributed by atoms with E-state index >= 15 is 0 Å². The van der Waals surface area contributed by atoms with Crippen LogP contribution in [0.5, 0.6) is 5.75 Å². The molecule has 2 N–H and O–H groups in total. The minimum atomic E-state index is 0. The van der Waals surface area contributed by atoms with Crippen molar-refractivity contribution in [1.29, 1.82) is 0 Å². The van der Waals surface area contributed by atoms with Gasteiger partial charge in [-0.3, -0.25) is 4.79 Å². The van der Waals surface area contributed by atoms with Crippen molar-refractivity contribution in [2.75, 3.05) is 26.7 Å². The molecule has 0 saturated heterocycles. The molecule has 108 valence electrons. The zero-order valence-corrected chi connectivity index (χ0v) is 12.6. The van der Waals surface area contributed by atoms with Gasteiger partial charge in [-0.1, -0.05) is 12.1 Å². The van der Waals surface area contributed by atoms with Crippen LogP contribution in [0.4, 0.5) is 0 Å². The van der Waals surface area contributed by atoms with Crippen LogP contribution in [0.1, 0.15) is 17.5 Å².